The molecule has 0 fully saturated rings. The molecule has 16 heavy (non-hydrogen) atoms. The Morgan fingerprint density at radius 1 is 1.50 bits per heavy atom. The highest BCUT2D eigenvalue weighted by molar-refractivity contribution is 7.15. The van der Waals surface area contributed by atoms with E-state index in [2.05, 4.69) is 54.0 Å². The molecule has 2 unspecified atom stereocenters. The van der Waals surface area contributed by atoms with Gasteiger partial charge in [-0.1, -0.05) is 6.92 Å². The number of aromatic nitrogens is 2. The molecule has 0 radical (unpaired) electrons. The van der Waals surface area contributed by atoms with Crippen LogP contribution in [0.2, 0.25) is 0 Å². The molecule has 0 saturated carbocycles. The van der Waals surface area contributed by atoms with Crippen molar-refractivity contribution in [2.75, 3.05) is 0 Å². The van der Waals surface area contributed by atoms with Crippen molar-refractivity contribution in [2.24, 2.45) is 0 Å². The van der Waals surface area contributed by atoms with Crippen molar-refractivity contribution in [2.45, 2.75) is 46.2 Å². The highest BCUT2D eigenvalue weighted by Crippen LogP contribution is 2.22. The Morgan fingerprint density at radius 3 is 2.94 bits per heavy atom. The van der Waals surface area contributed by atoms with Gasteiger partial charge < -0.3 is 5.32 Å². The van der Waals surface area contributed by atoms with Crippen LogP contribution in [0.5, 0.6) is 0 Å². The van der Waals surface area contributed by atoms with Crippen molar-refractivity contribution in [1.82, 2.24) is 14.7 Å². The first kappa shape index (κ1) is 11.6. The molecule has 0 aliphatic heterocycles. The van der Waals surface area contributed by atoms with Gasteiger partial charge in [-0.25, -0.2) is 4.98 Å². The van der Waals surface area contributed by atoms with Gasteiger partial charge in [-0.05, 0) is 27.2 Å². The van der Waals surface area contributed by atoms with Crippen LogP contribution in [-0.4, -0.2) is 15.4 Å². The second-order valence-electron chi connectivity index (χ2n) is 4.34. The molecule has 2 aromatic rings. The molecule has 0 aliphatic carbocycles. The lowest BCUT2D eigenvalue weighted by Crippen LogP contribution is -2.29. The summed E-state index contributed by atoms with van der Waals surface area (Å²) in [5.41, 5.74) is 2.42. The fourth-order valence-corrected chi connectivity index (χ4v) is 2.82. The monoisotopic (exact) mass is 237 g/mol. The van der Waals surface area contributed by atoms with E-state index in [1.807, 2.05) is 0 Å². The number of fused-ring (bicyclic) bond motifs is 1. The maximum absolute atomic E-state index is 4.57. The van der Waals surface area contributed by atoms with Crippen LogP contribution in [0.15, 0.2) is 11.6 Å². The third-order valence-electron chi connectivity index (χ3n) is 3.04. The molecular weight excluding hydrogens is 218 g/mol. The molecule has 0 aliphatic rings. The van der Waals surface area contributed by atoms with Crippen LogP contribution in [0.4, 0.5) is 0 Å². The summed E-state index contributed by atoms with van der Waals surface area (Å²) < 4.78 is 2.19. The van der Waals surface area contributed by atoms with Crippen molar-refractivity contribution >= 4 is 16.3 Å². The second-order valence-corrected chi connectivity index (χ2v) is 5.21. The van der Waals surface area contributed by atoms with E-state index in [4.69, 9.17) is 0 Å². The van der Waals surface area contributed by atoms with Gasteiger partial charge in [0.15, 0.2) is 4.96 Å². The van der Waals surface area contributed by atoms with Gasteiger partial charge in [0.05, 0.1) is 11.4 Å². The topological polar surface area (TPSA) is 29.3 Å². The zero-order valence-electron chi connectivity index (χ0n) is 10.3. The summed E-state index contributed by atoms with van der Waals surface area (Å²) in [4.78, 5) is 5.66. The third kappa shape index (κ3) is 1.99. The first-order chi connectivity index (χ1) is 7.63. The third-order valence-corrected chi connectivity index (χ3v) is 3.80. The SMILES string of the molecule is CCC(C)NC(C)c1c(C)nc2sccn12. The molecule has 0 spiro atoms. The van der Waals surface area contributed by atoms with Crippen molar-refractivity contribution in [3.63, 3.8) is 0 Å². The Bertz CT molecular complexity index is 472. The Balaban J connectivity index is 2.30. The molecule has 2 heterocycles. The van der Waals surface area contributed by atoms with Gasteiger partial charge in [-0.3, -0.25) is 4.40 Å². The number of hydrogen-bond acceptors (Lipinski definition) is 3. The summed E-state index contributed by atoms with van der Waals surface area (Å²) in [7, 11) is 0. The zero-order chi connectivity index (χ0) is 11.7. The molecule has 2 aromatic heterocycles. The van der Waals surface area contributed by atoms with Crippen LogP contribution >= 0.6 is 11.3 Å². The molecule has 0 amide bonds. The fourth-order valence-electron chi connectivity index (χ4n) is 2.06. The smallest absolute Gasteiger partial charge is 0.194 e. The van der Waals surface area contributed by atoms with Gasteiger partial charge in [-0.2, -0.15) is 0 Å². The maximum atomic E-state index is 4.57. The largest absolute Gasteiger partial charge is 0.306 e. The highest BCUT2D eigenvalue weighted by Gasteiger charge is 2.16. The van der Waals surface area contributed by atoms with Crippen molar-refractivity contribution in [3.8, 4) is 0 Å². The number of aryl methyl sites for hydroxylation is 1. The van der Waals surface area contributed by atoms with Gasteiger partial charge in [0.1, 0.15) is 0 Å². The molecule has 0 aromatic carbocycles. The zero-order valence-corrected chi connectivity index (χ0v) is 11.1. The second kappa shape index (κ2) is 4.55. The minimum Gasteiger partial charge on any atom is -0.306 e. The van der Waals surface area contributed by atoms with Crippen LogP contribution in [0, 0.1) is 6.92 Å². The Hall–Kier alpha value is -0.870. The first-order valence-electron chi connectivity index (χ1n) is 5.81. The van der Waals surface area contributed by atoms with Gasteiger partial charge in [-0.15, -0.1) is 11.3 Å². The summed E-state index contributed by atoms with van der Waals surface area (Å²) in [5.74, 6) is 0. The van der Waals surface area contributed by atoms with E-state index in [9.17, 15) is 0 Å². The summed E-state index contributed by atoms with van der Waals surface area (Å²) in [6.07, 6.45) is 3.25. The molecule has 4 heteroatoms. The predicted octanol–water partition coefficient (Wildman–Crippen LogP) is 3.15. The van der Waals surface area contributed by atoms with Crippen molar-refractivity contribution in [1.29, 1.82) is 0 Å². The van der Waals surface area contributed by atoms with Gasteiger partial charge in [0.2, 0.25) is 0 Å². The van der Waals surface area contributed by atoms with E-state index in [-0.39, 0.29) is 0 Å². The number of nitrogens with one attached hydrogen (secondary N) is 1. The number of nitrogens with zero attached hydrogens (tertiary/aromatic N) is 2. The highest BCUT2D eigenvalue weighted by atomic mass is 32.1. The maximum Gasteiger partial charge on any atom is 0.194 e. The van der Waals surface area contributed by atoms with E-state index >= 15 is 0 Å². The Morgan fingerprint density at radius 2 is 2.25 bits per heavy atom. The quantitative estimate of drug-likeness (QED) is 0.885. The summed E-state index contributed by atoms with van der Waals surface area (Å²) in [6.45, 7) is 8.72. The van der Waals surface area contributed by atoms with Crippen LogP contribution < -0.4 is 5.32 Å². The van der Waals surface area contributed by atoms with E-state index in [1.165, 1.54) is 5.69 Å². The average Bonchev–Trinajstić information content (AvgIpc) is 2.76. The van der Waals surface area contributed by atoms with Gasteiger partial charge in [0, 0.05) is 23.7 Å². The molecular formula is C12H19N3S. The van der Waals surface area contributed by atoms with Gasteiger partial charge >= 0.3 is 0 Å². The molecule has 0 saturated heterocycles. The lowest BCUT2D eigenvalue weighted by atomic mass is 10.1. The molecule has 1 N–H and O–H groups in total. The number of rotatable bonds is 4. The average molecular weight is 237 g/mol. The van der Waals surface area contributed by atoms with Crippen LogP contribution in [-0.2, 0) is 0 Å². The standard InChI is InChI=1S/C12H19N3S/c1-5-8(2)13-9(3)11-10(4)14-12-15(11)6-7-16-12/h6-9,13H,5H2,1-4H3. The fraction of sp³-hybridized carbons (Fsp3) is 0.583. The molecule has 3 nitrogen and oxygen atoms in total. The van der Waals surface area contributed by atoms with Crippen LogP contribution in [0.3, 0.4) is 0 Å². The van der Waals surface area contributed by atoms with Crippen LogP contribution in [0.1, 0.15) is 44.6 Å². The number of thiazole rings is 1. The van der Waals surface area contributed by atoms with E-state index in [1.54, 1.807) is 11.3 Å². The summed E-state index contributed by atoms with van der Waals surface area (Å²) in [5, 5.41) is 5.68. The molecule has 88 valence electrons. The Kier molecular flexibility index (Phi) is 3.30. The van der Waals surface area contributed by atoms with Gasteiger partial charge in [0.25, 0.3) is 0 Å². The summed E-state index contributed by atoms with van der Waals surface area (Å²) in [6, 6.07) is 0.887. The van der Waals surface area contributed by atoms with Crippen molar-refractivity contribution in [3.05, 3.63) is 23.0 Å². The number of imidazole rings is 1. The molecule has 2 atom stereocenters. The molecule has 2 rings (SSSR count). The predicted molar refractivity (Wildman–Crippen MR) is 69.1 cm³/mol. The normalized spacial score (nSPS) is 15.5. The van der Waals surface area contributed by atoms with E-state index in [0.717, 1.165) is 17.1 Å². The molecule has 0 bridgehead atoms. The van der Waals surface area contributed by atoms with E-state index in [0.29, 0.717) is 12.1 Å². The first-order valence-corrected chi connectivity index (χ1v) is 6.69. The lowest BCUT2D eigenvalue weighted by molar-refractivity contribution is 0.460. The minimum absolute atomic E-state index is 0.347. The van der Waals surface area contributed by atoms with E-state index < -0.39 is 0 Å². The summed E-state index contributed by atoms with van der Waals surface area (Å²) >= 11 is 1.69. The lowest BCUT2D eigenvalue weighted by Gasteiger charge is -2.19. The van der Waals surface area contributed by atoms with Crippen molar-refractivity contribution < 1.29 is 0 Å². The minimum atomic E-state index is 0.347. The number of hydrogen-bond donors (Lipinski definition) is 1. The Labute approximate surface area is 101 Å². The van der Waals surface area contributed by atoms with Crippen LogP contribution in [0.25, 0.3) is 4.96 Å².